The van der Waals surface area contributed by atoms with Gasteiger partial charge in [0.15, 0.2) is 0 Å². The Labute approximate surface area is 96.6 Å². The van der Waals surface area contributed by atoms with Crippen LogP contribution in [0.4, 0.5) is 6.01 Å². The Balaban J connectivity index is 2.90. The fourth-order valence-electron chi connectivity index (χ4n) is 1.66. The lowest BCUT2D eigenvalue weighted by atomic mass is 9.96. The molecule has 0 aliphatic carbocycles. The number of methoxy groups -OCH3 is 1. The summed E-state index contributed by atoms with van der Waals surface area (Å²) in [5.74, 6) is 0.614. The smallest absolute Gasteiger partial charge is 0.321 e. The second-order valence-electron chi connectivity index (χ2n) is 4.13. The molecule has 0 aliphatic rings. The molecule has 1 aromatic rings. The van der Waals surface area contributed by atoms with Crippen molar-refractivity contribution in [3.05, 3.63) is 5.82 Å². The molecule has 5 heteroatoms. The van der Waals surface area contributed by atoms with E-state index in [9.17, 15) is 0 Å². The molecule has 5 nitrogen and oxygen atoms in total. The third-order valence-electron chi connectivity index (χ3n) is 2.78. The molecule has 0 radical (unpaired) electrons. The van der Waals surface area contributed by atoms with Crippen LogP contribution in [0.5, 0.6) is 0 Å². The van der Waals surface area contributed by atoms with Crippen molar-refractivity contribution in [2.45, 2.75) is 52.2 Å². The van der Waals surface area contributed by atoms with Crippen molar-refractivity contribution in [2.24, 2.45) is 0 Å². The lowest BCUT2D eigenvalue weighted by Gasteiger charge is -2.25. The lowest BCUT2D eigenvalue weighted by Crippen LogP contribution is -2.28. The van der Waals surface area contributed by atoms with Gasteiger partial charge in [-0.2, -0.15) is 4.98 Å². The number of hydrogen-bond acceptors (Lipinski definition) is 5. The largest absolute Gasteiger partial charge is 0.370 e. The van der Waals surface area contributed by atoms with Crippen LogP contribution in [-0.4, -0.2) is 23.3 Å². The molecular formula is C11H21N3O2. The number of anilines is 1. The third kappa shape index (κ3) is 2.52. The van der Waals surface area contributed by atoms with Crippen LogP contribution >= 0.6 is 0 Å². The van der Waals surface area contributed by atoms with Gasteiger partial charge in [-0.25, -0.2) is 0 Å². The van der Waals surface area contributed by atoms with Crippen molar-refractivity contribution < 1.29 is 9.26 Å². The molecule has 0 amide bonds. The molecule has 0 unspecified atom stereocenters. The second kappa shape index (κ2) is 5.30. The Morgan fingerprint density at radius 2 is 2.00 bits per heavy atom. The maximum absolute atomic E-state index is 5.53. The topological polar surface area (TPSA) is 60.2 Å². The predicted molar refractivity (Wildman–Crippen MR) is 62.3 cm³/mol. The highest BCUT2D eigenvalue weighted by Gasteiger charge is 2.33. The molecule has 0 bridgehead atoms. The van der Waals surface area contributed by atoms with Gasteiger partial charge in [0.05, 0.1) is 0 Å². The van der Waals surface area contributed by atoms with Crippen LogP contribution in [0, 0.1) is 0 Å². The van der Waals surface area contributed by atoms with E-state index in [0.29, 0.717) is 11.8 Å². The predicted octanol–water partition coefficient (Wildman–Crippen LogP) is 2.55. The Kier molecular flexibility index (Phi) is 4.29. The van der Waals surface area contributed by atoms with Crippen molar-refractivity contribution in [1.29, 1.82) is 0 Å². The van der Waals surface area contributed by atoms with Gasteiger partial charge in [-0.05, 0) is 26.7 Å². The monoisotopic (exact) mass is 227 g/mol. The highest BCUT2D eigenvalue weighted by atomic mass is 16.5. The molecule has 1 aromatic heterocycles. The Morgan fingerprint density at radius 1 is 1.38 bits per heavy atom. The molecule has 1 rings (SSSR count). The average molecular weight is 227 g/mol. The summed E-state index contributed by atoms with van der Waals surface area (Å²) in [5.41, 5.74) is -0.430. The fraction of sp³-hybridized carbons (Fsp3) is 0.818. The van der Waals surface area contributed by atoms with Crippen molar-refractivity contribution in [3.63, 3.8) is 0 Å². The molecule has 0 fully saturated rings. The van der Waals surface area contributed by atoms with E-state index in [-0.39, 0.29) is 6.04 Å². The van der Waals surface area contributed by atoms with Gasteiger partial charge in [0.2, 0.25) is 5.82 Å². The van der Waals surface area contributed by atoms with Crippen molar-refractivity contribution in [3.8, 4) is 0 Å². The van der Waals surface area contributed by atoms with E-state index in [2.05, 4.69) is 29.3 Å². The molecule has 92 valence electrons. The quantitative estimate of drug-likeness (QED) is 0.809. The summed E-state index contributed by atoms with van der Waals surface area (Å²) in [5, 5.41) is 7.05. The van der Waals surface area contributed by atoms with Crippen LogP contribution in [0.3, 0.4) is 0 Å². The first-order valence-electron chi connectivity index (χ1n) is 5.73. The van der Waals surface area contributed by atoms with Gasteiger partial charge >= 0.3 is 6.01 Å². The minimum Gasteiger partial charge on any atom is -0.370 e. The summed E-state index contributed by atoms with van der Waals surface area (Å²) in [6, 6.07) is 0.724. The van der Waals surface area contributed by atoms with E-state index in [1.807, 2.05) is 13.8 Å². The number of rotatable bonds is 6. The van der Waals surface area contributed by atoms with E-state index in [1.54, 1.807) is 7.11 Å². The zero-order valence-corrected chi connectivity index (χ0v) is 10.7. The Hall–Kier alpha value is -1.10. The molecule has 0 aromatic carbocycles. The van der Waals surface area contributed by atoms with Gasteiger partial charge in [-0.15, -0.1) is 0 Å². The number of hydrogen-bond donors (Lipinski definition) is 1. The highest BCUT2D eigenvalue weighted by Crippen LogP contribution is 2.30. The van der Waals surface area contributed by atoms with E-state index in [0.717, 1.165) is 12.8 Å². The van der Waals surface area contributed by atoms with Crippen LogP contribution in [0.1, 0.15) is 46.4 Å². The Bertz CT molecular complexity index is 311. The number of nitrogens with zero attached hydrogens (tertiary/aromatic N) is 2. The standard InChI is InChI=1S/C11H21N3O2/c1-6-11(7-2,15-5)9-13-10(16-14-9)12-8(3)4/h8H,6-7H2,1-5H3,(H,12,13,14). The van der Waals surface area contributed by atoms with E-state index in [1.165, 1.54) is 0 Å². The maximum Gasteiger partial charge on any atom is 0.321 e. The first-order chi connectivity index (χ1) is 7.57. The van der Waals surface area contributed by atoms with Crippen LogP contribution in [0.2, 0.25) is 0 Å². The van der Waals surface area contributed by atoms with Crippen LogP contribution in [0.15, 0.2) is 4.52 Å². The highest BCUT2D eigenvalue weighted by molar-refractivity contribution is 5.21. The average Bonchev–Trinajstić information content (AvgIpc) is 2.70. The second-order valence-corrected chi connectivity index (χ2v) is 4.13. The zero-order chi connectivity index (χ0) is 12.2. The van der Waals surface area contributed by atoms with Crippen LogP contribution < -0.4 is 5.32 Å². The van der Waals surface area contributed by atoms with Gasteiger partial charge in [0, 0.05) is 13.2 Å². The molecule has 1 heterocycles. The zero-order valence-electron chi connectivity index (χ0n) is 10.7. The minimum absolute atomic E-state index is 0.272. The first kappa shape index (κ1) is 13.0. The minimum atomic E-state index is -0.430. The van der Waals surface area contributed by atoms with Crippen LogP contribution in [0.25, 0.3) is 0 Å². The van der Waals surface area contributed by atoms with Gasteiger partial charge in [0.1, 0.15) is 5.60 Å². The van der Waals surface area contributed by atoms with Gasteiger partial charge in [-0.3, -0.25) is 0 Å². The van der Waals surface area contributed by atoms with Gasteiger partial charge < -0.3 is 14.6 Å². The summed E-state index contributed by atoms with van der Waals surface area (Å²) >= 11 is 0. The molecule has 0 aliphatic heterocycles. The fourth-order valence-corrected chi connectivity index (χ4v) is 1.66. The molecule has 0 saturated heterocycles. The summed E-state index contributed by atoms with van der Waals surface area (Å²) < 4.78 is 10.7. The van der Waals surface area contributed by atoms with E-state index >= 15 is 0 Å². The summed E-state index contributed by atoms with van der Waals surface area (Å²) in [4.78, 5) is 4.32. The SMILES string of the molecule is CCC(CC)(OC)c1noc(NC(C)C)n1. The Morgan fingerprint density at radius 3 is 2.44 bits per heavy atom. The molecule has 1 N–H and O–H groups in total. The van der Waals surface area contributed by atoms with Crippen LogP contribution in [-0.2, 0) is 10.3 Å². The summed E-state index contributed by atoms with van der Waals surface area (Å²) in [6.07, 6.45) is 1.64. The number of aromatic nitrogens is 2. The summed E-state index contributed by atoms with van der Waals surface area (Å²) in [7, 11) is 1.68. The maximum atomic E-state index is 5.53. The first-order valence-corrected chi connectivity index (χ1v) is 5.73. The lowest BCUT2D eigenvalue weighted by molar-refractivity contribution is -0.0306. The molecular weight excluding hydrogens is 206 g/mol. The normalized spacial score (nSPS) is 12.1. The van der Waals surface area contributed by atoms with Crippen molar-refractivity contribution in [1.82, 2.24) is 10.1 Å². The van der Waals surface area contributed by atoms with Gasteiger partial charge in [0.25, 0.3) is 0 Å². The number of nitrogens with one attached hydrogen (secondary N) is 1. The summed E-state index contributed by atoms with van der Waals surface area (Å²) in [6.45, 7) is 8.15. The van der Waals surface area contributed by atoms with Crippen molar-refractivity contribution in [2.75, 3.05) is 12.4 Å². The number of ether oxygens (including phenoxy) is 1. The van der Waals surface area contributed by atoms with E-state index in [4.69, 9.17) is 9.26 Å². The molecule has 0 saturated carbocycles. The molecule has 0 atom stereocenters. The third-order valence-corrected chi connectivity index (χ3v) is 2.78. The van der Waals surface area contributed by atoms with Crippen molar-refractivity contribution >= 4 is 6.01 Å². The van der Waals surface area contributed by atoms with E-state index < -0.39 is 5.60 Å². The van der Waals surface area contributed by atoms with Gasteiger partial charge in [-0.1, -0.05) is 19.0 Å². The molecule has 0 spiro atoms. The molecule has 16 heavy (non-hydrogen) atoms.